The highest BCUT2D eigenvalue weighted by Crippen LogP contribution is 2.38. The maximum Gasteiger partial charge on any atom is 0.214 e. The van der Waals surface area contributed by atoms with Crippen LogP contribution in [-0.2, 0) is 13.2 Å². The Balaban J connectivity index is 1.56. The Hall–Kier alpha value is -3.27. The lowest BCUT2D eigenvalue weighted by molar-refractivity contribution is 0.269. The van der Waals surface area contributed by atoms with Gasteiger partial charge in [0.05, 0.1) is 35.9 Å². The summed E-state index contributed by atoms with van der Waals surface area (Å²) in [5.74, 6) is 1.67. The van der Waals surface area contributed by atoms with Crippen molar-refractivity contribution >= 4 is 35.4 Å². The lowest BCUT2D eigenvalue weighted by Crippen LogP contribution is -2.16. The van der Waals surface area contributed by atoms with E-state index in [4.69, 9.17) is 49.6 Å². The zero-order valence-corrected chi connectivity index (χ0v) is 21.8. The molecule has 0 aliphatic rings. The summed E-state index contributed by atoms with van der Waals surface area (Å²) < 4.78 is 32.6. The van der Waals surface area contributed by atoms with E-state index in [1.54, 1.807) is 23.9 Å². The standard InChI is InChI=1S/C25H23Cl2FN4O3S/c1-3-34-22-11-15(10-20(27)23(22)35-14-16-8-9-17(28)12-19(16)26)13-29-32-24(30-31-25(32)36)18-6-4-5-7-21(18)33-2/h4-12,29H,3,13-14H2,1-2H3,(H,31,36). The first-order valence-electron chi connectivity index (χ1n) is 11.0. The number of aromatic nitrogens is 3. The molecule has 0 unspecified atom stereocenters. The smallest absolute Gasteiger partial charge is 0.214 e. The van der Waals surface area contributed by atoms with Gasteiger partial charge >= 0.3 is 0 Å². The van der Waals surface area contributed by atoms with Crippen molar-refractivity contribution in [1.29, 1.82) is 0 Å². The number of hydrogen-bond acceptors (Lipinski definition) is 6. The van der Waals surface area contributed by atoms with Crippen LogP contribution in [0.25, 0.3) is 11.4 Å². The lowest BCUT2D eigenvalue weighted by atomic mass is 10.2. The summed E-state index contributed by atoms with van der Waals surface area (Å²) in [6.07, 6.45) is 0. The molecule has 0 aliphatic heterocycles. The fraction of sp³-hybridized carbons (Fsp3) is 0.200. The van der Waals surface area contributed by atoms with Crippen molar-refractivity contribution in [2.24, 2.45) is 0 Å². The fourth-order valence-corrected chi connectivity index (χ4v) is 4.25. The molecule has 0 bridgehead atoms. The Bertz CT molecular complexity index is 1430. The van der Waals surface area contributed by atoms with Gasteiger partial charge in [0.15, 0.2) is 17.3 Å². The van der Waals surface area contributed by atoms with Crippen molar-refractivity contribution in [2.75, 3.05) is 19.1 Å². The van der Waals surface area contributed by atoms with Gasteiger partial charge in [-0.2, -0.15) is 5.10 Å². The lowest BCUT2D eigenvalue weighted by Gasteiger charge is -2.17. The number of ether oxygens (including phenoxy) is 3. The molecule has 4 aromatic rings. The van der Waals surface area contributed by atoms with Crippen molar-refractivity contribution in [2.45, 2.75) is 20.1 Å². The van der Waals surface area contributed by atoms with Gasteiger partial charge < -0.3 is 19.6 Å². The third kappa shape index (κ3) is 5.75. The van der Waals surface area contributed by atoms with Gasteiger partial charge in [-0.3, -0.25) is 0 Å². The number of nitrogens with zero attached hydrogens (tertiary/aromatic N) is 2. The number of H-pyrrole nitrogens is 1. The number of hydrogen-bond donors (Lipinski definition) is 2. The van der Waals surface area contributed by atoms with E-state index in [0.717, 1.165) is 11.1 Å². The Morgan fingerprint density at radius 1 is 1.06 bits per heavy atom. The van der Waals surface area contributed by atoms with Crippen molar-refractivity contribution < 1.29 is 18.6 Å². The van der Waals surface area contributed by atoms with Crippen LogP contribution < -0.4 is 19.6 Å². The maximum absolute atomic E-state index is 13.3. The molecule has 0 aliphatic carbocycles. The molecule has 0 radical (unpaired) electrons. The number of nitrogens with one attached hydrogen (secondary N) is 2. The van der Waals surface area contributed by atoms with E-state index < -0.39 is 5.82 Å². The highest BCUT2D eigenvalue weighted by molar-refractivity contribution is 7.71. The Morgan fingerprint density at radius 3 is 2.61 bits per heavy atom. The molecule has 3 aromatic carbocycles. The number of para-hydroxylation sites is 1. The van der Waals surface area contributed by atoms with Crippen LogP contribution in [0.15, 0.2) is 54.6 Å². The van der Waals surface area contributed by atoms with E-state index in [1.807, 2.05) is 37.3 Å². The minimum absolute atomic E-state index is 0.100. The summed E-state index contributed by atoms with van der Waals surface area (Å²) in [6.45, 7) is 2.73. The molecule has 188 valence electrons. The van der Waals surface area contributed by atoms with Crippen molar-refractivity contribution in [3.8, 4) is 28.6 Å². The van der Waals surface area contributed by atoms with E-state index in [-0.39, 0.29) is 11.6 Å². The molecular weight excluding hydrogens is 526 g/mol. The summed E-state index contributed by atoms with van der Waals surface area (Å²) in [4.78, 5) is 0. The number of halogens is 3. The second-order valence-corrected chi connectivity index (χ2v) is 8.79. The average molecular weight is 549 g/mol. The van der Waals surface area contributed by atoms with Crippen LogP contribution in [0.5, 0.6) is 17.2 Å². The van der Waals surface area contributed by atoms with Gasteiger partial charge in [-0.15, -0.1) is 0 Å². The van der Waals surface area contributed by atoms with Crippen LogP contribution in [0.3, 0.4) is 0 Å². The molecule has 2 N–H and O–H groups in total. The highest BCUT2D eigenvalue weighted by atomic mass is 35.5. The molecule has 1 aromatic heterocycles. The maximum atomic E-state index is 13.3. The second kappa shape index (κ2) is 11.6. The molecule has 4 rings (SSSR count). The third-order valence-corrected chi connectivity index (χ3v) is 6.12. The van der Waals surface area contributed by atoms with E-state index in [0.29, 0.717) is 51.6 Å². The van der Waals surface area contributed by atoms with Crippen molar-refractivity contribution in [3.63, 3.8) is 0 Å². The summed E-state index contributed by atoms with van der Waals surface area (Å²) >= 11 is 18.1. The van der Waals surface area contributed by atoms with Crippen LogP contribution in [0, 0.1) is 10.6 Å². The number of benzene rings is 3. The Labute approximate surface area is 222 Å². The molecule has 11 heteroatoms. The Kier molecular flexibility index (Phi) is 8.35. The van der Waals surface area contributed by atoms with Gasteiger partial charge in [0, 0.05) is 5.56 Å². The number of rotatable bonds is 10. The van der Waals surface area contributed by atoms with Crippen LogP contribution in [0.2, 0.25) is 10.0 Å². The summed E-state index contributed by atoms with van der Waals surface area (Å²) in [5.41, 5.74) is 5.49. The monoisotopic (exact) mass is 548 g/mol. The van der Waals surface area contributed by atoms with Gasteiger partial charge in [0.1, 0.15) is 18.2 Å². The molecule has 0 saturated heterocycles. The van der Waals surface area contributed by atoms with Gasteiger partial charge in [0.2, 0.25) is 4.77 Å². The molecule has 0 spiro atoms. The van der Waals surface area contributed by atoms with Crippen molar-refractivity contribution in [1.82, 2.24) is 14.9 Å². The van der Waals surface area contributed by atoms with Gasteiger partial charge in [-0.05, 0) is 61.1 Å². The number of methoxy groups -OCH3 is 1. The molecule has 0 amide bonds. The summed E-state index contributed by atoms with van der Waals surface area (Å²) in [5, 5.41) is 7.79. The minimum atomic E-state index is -0.416. The van der Waals surface area contributed by atoms with E-state index >= 15 is 0 Å². The molecule has 0 fully saturated rings. The van der Waals surface area contributed by atoms with Crippen LogP contribution in [-0.4, -0.2) is 28.6 Å². The minimum Gasteiger partial charge on any atom is -0.496 e. The largest absolute Gasteiger partial charge is 0.496 e. The molecule has 36 heavy (non-hydrogen) atoms. The van der Waals surface area contributed by atoms with Crippen LogP contribution >= 0.6 is 35.4 Å². The van der Waals surface area contributed by atoms with Crippen molar-refractivity contribution in [3.05, 3.63) is 86.4 Å². The number of aromatic amines is 1. The topological polar surface area (TPSA) is 73.3 Å². The third-order valence-electron chi connectivity index (χ3n) is 5.22. The fourth-order valence-electron chi connectivity index (χ4n) is 3.54. The van der Waals surface area contributed by atoms with E-state index in [9.17, 15) is 4.39 Å². The summed E-state index contributed by atoms with van der Waals surface area (Å²) in [6, 6.07) is 15.2. The van der Waals surface area contributed by atoms with Gasteiger partial charge in [-0.1, -0.05) is 41.4 Å². The zero-order chi connectivity index (χ0) is 25.7. The first-order chi connectivity index (χ1) is 17.4. The predicted octanol–water partition coefficient (Wildman–Crippen LogP) is 6.78. The molecular formula is C25H23Cl2FN4O3S. The normalized spacial score (nSPS) is 10.8. The zero-order valence-electron chi connectivity index (χ0n) is 19.5. The SMILES string of the molecule is CCOc1cc(CNn2c(-c3ccccc3OC)n[nH]c2=S)cc(Cl)c1OCc1ccc(F)cc1Cl. The predicted molar refractivity (Wildman–Crippen MR) is 141 cm³/mol. The van der Waals surface area contributed by atoms with E-state index in [1.165, 1.54) is 12.1 Å². The molecule has 0 atom stereocenters. The second-order valence-electron chi connectivity index (χ2n) is 7.59. The Morgan fingerprint density at radius 2 is 1.86 bits per heavy atom. The molecule has 1 heterocycles. The average Bonchev–Trinajstić information content (AvgIpc) is 3.23. The molecule has 7 nitrogen and oxygen atoms in total. The summed E-state index contributed by atoms with van der Waals surface area (Å²) in [7, 11) is 1.60. The quantitative estimate of drug-likeness (QED) is 0.213. The van der Waals surface area contributed by atoms with Crippen LogP contribution in [0.1, 0.15) is 18.1 Å². The van der Waals surface area contributed by atoms with Gasteiger partial charge in [-0.25, -0.2) is 14.2 Å². The first kappa shape index (κ1) is 25.8. The highest BCUT2D eigenvalue weighted by Gasteiger charge is 2.16. The molecule has 0 saturated carbocycles. The van der Waals surface area contributed by atoms with Gasteiger partial charge in [0.25, 0.3) is 0 Å². The first-order valence-corrected chi connectivity index (χ1v) is 12.1. The van der Waals surface area contributed by atoms with E-state index in [2.05, 4.69) is 15.6 Å². The van der Waals surface area contributed by atoms with Crippen LogP contribution in [0.4, 0.5) is 4.39 Å².